The van der Waals surface area contributed by atoms with Crippen LogP contribution in [0.15, 0.2) is 42.5 Å². The molecule has 2 aromatic carbocycles. The fourth-order valence-corrected chi connectivity index (χ4v) is 3.23. The second-order valence-electron chi connectivity index (χ2n) is 8.13. The van der Waals surface area contributed by atoms with Gasteiger partial charge in [0.2, 0.25) is 0 Å². The Morgan fingerprint density at radius 3 is 2.38 bits per heavy atom. The van der Waals surface area contributed by atoms with Crippen LogP contribution in [0.3, 0.4) is 0 Å². The smallest absolute Gasteiger partial charge is 0.270 e. The van der Waals surface area contributed by atoms with Crippen molar-refractivity contribution in [3.05, 3.63) is 70.4 Å². The molecule has 0 radical (unpaired) electrons. The van der Waals surface area contributed by atoms with Gasteiger partial charge in [0.1, 0.15) is 5.69 Å². The molecule has 1 aromatic heterocycles. The van der Waals surface area contributed by atoms with E-state index in [1.165, 1.54) is 16.0 Å². The quantitative estimate of drug-likeness (QED) is 0.679. The second kappa shape index (κ2) is 8.62. The molecule has 0 atom stereocenters. The Labute approximate surface area is 173 Å². The molecule has 0 saturated carbocycles. The van der Waals surface area contributed by atoms with Crippen molar-refractivity contribution in [3.8, 4) is 16.9 Å². The van der Waals surface area contributed by atoms with Gasteiger partial charge < -0.3 is 10.2 Å². The average molecular weight is 392 g/mol. The van der Waals surface area contributed by atoms with E-state index in [2.05, 4.69) is 76.6 Å². The Morgan fingerprint density at radius 1 is 0.966 bits per heavy atom. The molecule has 2 N–H and O–H groups in total. The number of benzene rings is 2. The lowest BCUT2D eigenvalue weighted by Gasteiger charge is -2.12. The molecule has 29 heavy (non-hydrogen) atoms. The lowest BCUT2D eigenvalue weighted by molar-refractivity contribution is -0.856. The van der Waals surface area contributed by atoms with Gasteiger partial charge >= 0.3 is 0 Å². The summed E-state index contributed by atoms with van der Waals surface area (Å²) in [5, 5.41) is 7.88. The van der Waals surface area contributed by atoms with Crippen LogP contribution in [-0.4, -0.2) is 42.9 Å². The molecular formula is C24H31N4O+. The molecule has 5 heteroatoms. The summed E-state index contributed by atoms with van der Waals surface area (Å²) in [5.41, 5.74) is 7.98. The number of amides is 1. The van der Waals surface area contributed by atoms with E-state index in [1.54, 1.807) is 4.68 Å². The molecule has 0 aliphatic heterocycles. The van der Waals surface area contributed by atoms with Crippen molar-refractivity contribution >= 4 is 5.91 Å². The van der Waals surface area contributed by atoms with Gasteiger partial charge in [0.25, 0.3) is 5.91 Å². The topological polar surface area (TPSA) is 51.4 Å². The molecular weight excluding hydrogens is 360 g/mol. The van der Waals surface area contributed by atoms with E-state index >= 15 is 0 Å². The fraction of sp³-hybridized carbons (Fsp3) is 0.333. The molecule has 5 nitrogen and oxygen atoms in total. The maximum atomic E-state index is 13.0. The fourth-order valence-electron chi connectivity index (χ4n) is 3.23. The minimum absolute atomic E-state index is 0.102. The number of nitrogens with one attached hydrogen (secondary N) is 2. The lowest BCUT2D eigenvalue weighted by Crippen LogP contribution is -3.06. The first-order valence-corrected chi connectivity index (χ1v) is 10.1. The minimum Gasteiger partial charge on any atom is -0.345 e. The summed E-state index contributed by atoms with van der Waals surface area (Å²) in [5.74, 6) is -0.102. The third kappa shape index (κ3) is 4.74. The Bertz CT molecular complexity index is 1030. The molecule has 0 spiro atoms. The summed E-state index contributed by atoms with van der Waals surface area (Å²) in [6, 6.07) is 14.4. The molecule has 0 aliphatic carbocycles. The summed E-state index contributed by atoms with van der Waals surface area (Å²) in [7, 11) is 4.15. The van der Waals surface area contributed by atoms with Crippen LogP contribution >= 0.6 is 0 Å². The molecule has 1 amide bonds. The number of likely N-dealkylation sites (N-methyl/N-ethyl adjacent to an activating group) is 1. The minimum atomic E-state index is -0.102. The highest BCUT2D eigenvalue weighted by atomic mass is 16.2. The largest absolute Gasteiger partial charge is 0.345 e. The van der Waals surface area contributed by atoms with Crippen molar-refractivity contribution < 1.29 is 9.69 Å². The second-order valence-corrected chi connectivity index (χ2v) is 8.13. The van der Waals surface area contributed by atoms with Gasteiger partial charge in [-0.3, -0.25) is 4.79 Å². The van der Waals surface area contributed by atoms with Gasteiger partial charge in [-0.2, -0.15) is 5.10 Å². The van der Waals surface area contributed by atoms with Crippen molar-refractivity contribution in [2.45, 2.75) is 27.7 Å². The van der Waals surface area contributed by atoms with E-state index in [-0.39, 0.29) is 5.91 Å². The Hall–Kier alpha value is -2.92. The van der Waals surface area contributed by atoms with E-state index in [0.717, 1.165) is 34.6 Å². The molecule has 0 saturated heterocycles. The van der Waals surface area contributed by atoms with E-state index in [4.69, 9.17) is 5.10 Å². The van der Waals surface area contributed by atoms with Gasteiger partial charge in [-0.25, -0.2) is 4.68 Å². The zero-order chi connectivity index (χ0) is 21.1. The molecule has 0 bridgehead atoms. The number of nitrogens with zero attached hydrogens (tertiary/aromatic N) is 2. The van der Waals surface area contributed by atoms with Crippen LogP contribution in [0.1, 0.15) is 32.7 Å². The number of hydrogen-bond acceptors (Lipinski definition) is 2. The Balaban J connectivity index is 2.06. The summed E-state index contributed by atoms with van der Waals surface area (Å²) >= 11 is 0. The molecule has 0 fully saturated rings. The van der Waals surface area contributed by atoms with E-state index in [9.17, 15) is 4.79 Å². The summed E-state index contributed by atoms with van der Waals surface area (Å²) in [6.07, 6.45) is 0. The lowest BCUT2D eigenvalue weighted by atomic mass is 10.0. The van der Waals surface area contributed by atoms with Gasteiger partial charge in [0.05, 0.1) is 38.6 Å². The van der Waals surface area contributed by atoms with Gasteiger partial charge in [-0.1, -0.05) is 24.3 Å². The highest BCUT2D eigenvalue weighted by molar-refractivity contribution is 5.94. The monoisotopic (exact) mass is 391 g/mol. The normalized spacial score (nSPS) is 11.1. The first-order valence-electron chi connectivity index (χ1n) is 10.1. The van der Waals surface area contributed by atoms with Gasteiger partial charge in [-0.05, 0) is 68.1 Å². The number of carbonyl (C=O) groups excluding carboxylic acids is 1. The zero-order valence-electron chi connectivity index (χ0n) is 18.3. The first-order chi connectivity index (χ1) is 13.8. The van der Waals surface area contributed by atoms with Crippen LogP contribution in [0, 0.1) is 27.7 Å². The molecule has 0 aliphatic rings. The molecule has 3 aromatic rings. The summed E-state index contributed by atoms with van der Waals surface area (Å²) in [6.45, 7) is 9.78. The van der Waals surface area contributed by atoms with Crippen LogP contribution in [0.2, 0.25) is 0 Å². The predicted octanol–water partition coefficient (Wildman–Crippen LogP) is 2.65. The number of rotatable bonds is 6. The number of carbonyl (C=O) groups is 1. The summed E-state index contributed by atoms with van der Waals surface area (Å²) in [4.78, 5) is 14.3. The third-order valence-corrected chi connectivity index (χ3v) is 5.25. The highest BCUT2D eigenvalue weighted by Gasteiger charge is 2.19. The van der Waals surface area contributed by atoms with Crippen LogP contribution in [0.25, 0.3) is 16.9 Å². The summed E-state index contributed by atoms with van der Waals surface area (Å²) < 4.78 is 1.78. The maximum absolute atomic E-state index is 13.0. The molecule has 152 valence electrons. The number of aryl methyl sites for hydroxylation is 4. The number of quaternary nitrogens is 1. The Kier molecular flexibility index (Phi) is 6.18. The zero-order valence-corrected chi connectivity index (χ0v) is 18.3. The van der Waals surface area contributed by atoms with Crippen molar-refractivity contribution in [1.29, 1.82) is 0 Å². The molecule has 1 heterocycles. The number of hydrogen-bond donors (Lipinski definition) is 2. The molecule has 0 unspecified atom stereocenters. The number of aromatic nitrogens is 2. The molecule has 3 rings (SSSR count). The van der Waals surface area contributed by atoms with Crippen molar-refractivity contribution in [2.24, 2.45) is 0 Å². The van der Waals surface area contributed by atoms with Crippen molar-refractivity contribution in [3.63, 3.8) is 0 Å². The van der Waals surface area contributed by atoms with E-state index in [1.807, 2.05) is 13.0 Å². The predicted molar refractivity (Wildman–Crippen MR) is 118 cm³/mol. The highest BCUT2D eigenvalue weighted by Crippen LogP contribution is 2.25. The van der Waals surface area contributed by atoms with Gasteiger partial charge in [0.15, 0.2) is 0 Å². The maximum Gasteiger partial charge on any atom is 0.270 e. The van der Waals surface area contributed by atoms with Crippen LogP contribution in [0.4, 0.5) is 0 Å². The van der Waals surface area contributed by atoms with Crippen LogP contribution in [0.5, 0.6) is 0 Å². The van der Waals surface area contributed by atoms with Crippen LogP contribution < -0.4 is 10.2 Å². The Morgan fingerprint density at radius 2 is 1.69 bits per heavy atom. The van der Waals surface area contributed by atoms with Crippen molar-refractivity contribution in [2.75, 3.05) is 27.2 Å². The third-order valence-electron chi connectivity index (χ3n) is 5.25. The van der Waals surface area contributed by atoms with E-state index < -0.39 is 0 Å². The van der Waals surface area contributed by atoms with E-state index in [0.29, 0.717) is 12.2 Å². The van der Waals surface area contributed by atoms with Crippen molar-refractivity contribution in [1.82, 2.24) is 15.1 Å². The van der Waals surface area contributed by atoms with Gasteiger partial charge in [0, 0.05) is 5.56 Å². The van der Waals surface area contributed by atoms with Gasteiger partial charge in [-0.15, -0.1) is 0 Å². The SMILES string of the molecule is Cc1ccc(C)c(-n2nc(-c3ccc(C)c(C)c3)cc2C(=O)NCC[NH+](C)C)c1. The average Bonchev–Trinajstić information content (AvgIpc) is 3.11. The first kappa shape index (κ1) is 20.8. The standard InChI is InChI=1S/C24H30N4O/c1-16-7-8-18(3)22(13-16)28-23(24(29)25-11-12-27(5)6)15-21(26-28)20-10-9-17(2)19(4)14-20/h7-10,13-15H,11-12H2,1-6H3,(H,25,29)/p+1. The van der Waals surface area contributed by atoms with Crippen LogP contribution in [-0.2, 0) is 0 Å².